The molecule has 0 saturated heterocycles. The Hall–Kier alpha value is -4.47. The number of anilines is 1. The molecule has 8 nitrogen and oxygen atoms in total. The summed E-state index contributed by atoms with van der Waals surface area (Å²) in [5.74, 6) is -0.104. The molecule has 0 bridgehead atoms. The summed E-state index contributed by atoms with van der Waals surface area (Å²) in [5.41, 5.74) is 1.84. The number of hydrogen-bond donors (Lipinski definition) is 0. The maximum absolute atomic E-state index is 13.9. The number of carbonyl (C=O) groups is 1. The van der Waals surface area contributed by atoms with E-state index in [0.717, 1.165) is 5.56 Å². The summed E-state index contributed by atoms with van der Waals surface area (Å²) in [5, 5.41) is 7.75. The third-order valence-electron chi connectivity index (χ3n) is 5.62. The Labute approximate surface area is 224 Å². The SMILES string of the molecule is O=C(Oc1ccc(-c2nnco2)cc1)c1cccc(S(=O)(=O)N(Cc2ccccc2)c2ccccc2Cl)c1. The smallest absolute Gasteiger partial charge is 0.343 e. The second kappa shape index (κ2) is 10.9. The molecule has 0 radical (unpaired) electrons. The van der Waals surface area contributed by atoms with Gasteiger partial charge in [-0.15, -0.1) is 10.2 Å². The Balaban J connectivity index is 1.42. The summed E-state index contributed by atoms with van der Waals surface area (Å²) in [6.45, 7) is 0.0496. The number of nitrogens with zero attached hydrogens (tertiary/aromatic N) is 3. The summed E-state index contributed by atoms with van der Waals surface area (Å²) in [7, 11) is -4.12. The van der Waals surface area contributed by atoms with Crippen molar-refractivity contribution in [3.05, 3.63) is 126 Å². The molecule has 0 aliphatic rings. The van der Waals surface area contributed by atoms with Crippen molar-refractivity contribution in [1.82, 2.24) is 10.2 Å². The molecule has 0 unspecified atom stereocenters. The van der Waals surface area contributed by atoms with Crippen LogP contribution in [-0.4, -0.2) is 24.6 Å². The van der Waals surface area contributed by atoms with Crippen LogP contribution in [0.3, 0.4) is 0 Å². The molecule has 4 aromatic carbocycles. The monoisotopic (exact) mass is 545 g/mol. The molecule has 1 aromatic heterocycles. The first-order valence-corrected chi connectivity index (χ1v) is 13.2. The fourth-order valence-electron chi connectivity index (χ4n) is 3.74. The molecular weight excluding hydrogens is 526 g/mol. The van der Waals surface area contributed by atoms with Crippen LogP contribution in [0.2, 0.25) is 5.02 Å². The summed E-state index contributed by atoms with van der Waals surface area (Å²) < 4.78 is 39.6. The largest absolute Gasteiger partial charge is 0.423 e. The minimum atomic E-state index is -4.12. The highest BCUT2D eigenvalue weighted by atomic mass is 35.5. The van der Waals surface area contributed by atoms with Crippen molar-refractivity contribution in [3.63, 3.8) is 0 Å². The van der Waals surface area contributed by atoms with Gasteiger partial charge in [0.15, 0.2) is 0 Å². The molecule has 0 spiro atoms. The number of esters is 1. The van der Waals surface area contributed by atoms with Crippen LogP contribution in [-0.2, 0) is 16.6 Å². The quantitative estimate of drug-likeness (QED) is 0.174. The van der Waals surface area contributed by atoms with Crippen molar-refractivity contribution in [2.24, 2.45) is 0 Å². The first kappa shape index (κ1) is 25.2. The number of carbonyl (C=O) groups excluding carboxylic acids is 1. The Bertz CT molecular complexity index is 1660. The molecule has 10 heteroatoms. The highest BCUT2D eigenvalue weighted by Crippen LogP contribution is 2.32. The van der Waals surface area contributed by atoms with Crippen molar-refractivity contribution >= 4 is 33.3 Å². The van der Waals surface area contributed by atoms with E-state index in [1.807, 2.05) is 30.3 Å². The predicted molar refractivity (Wildman–Crippen MR) is 142 cm³/mol. The predicted octanol–water partition coefficient (Wildman–Crippen LogP) is 6.00. The van der Waals surface area contributed by atoms with Crippen LogP contribution >= 0.6 is 11.6 Å². The van der Waals surface area contributed by atoms with E-state index in [0.29, 0.717) is 17.1 Å². The van der Waals surface area contributed by atoms with Crippen molar-refractivity contribution in [2.45, 2.75) is 11.4 Å². The van der Waals surface area contributed by atoms with E-state index in [9.17, 15) is 13.2 Å². The van der Waals surface area contributed by atoms with Gasteiger partial charge < -0.3 is 9.15 Å². The Kier molecular flexibility index (Phi) is 7.21. The van der Waals surface area contributed by atoms with Crippen LogP contribution in [0.25, 0.3) is 11.5 Å². The van der Waals surface area contributed by atoms with E-state index >= 15 is 0 Å². The van der Waals surface area contributed by atoms with Gasteiger partial charge in [0.05, 0.1) is 27.7 Å². The molecule has 5 rings (SSSR count). The highest BCUT2D eigenvalue weighted by molar-refractivity contribution is 7.92. The van der Waals surface area contributed by atoms with Crippen molar-refractivity contribution in [1.29, 1.82) is 0 Å². The fourth-order valence-corrected chi connectivity index (χ4v) is 5.55. The molecule has 0 atom stereocenters. The summed E-state index contributed by atoms with van der Waals surface area (Å²) in [6, 6.07) is 28.1. The number of rotatable bonds is 8. The van der Waals surface area contributed by atoms with Gasteiger partial charge in [-0.1, -0.05) is 60.1 Å². The normalized spacial score (nSPS) is 11.2. The zero-order valence-corrected chi connectivity index (χ0v) is 21.3. The van der Waals surface area contributed by atoms with Gasteiger partial charge in [0, 0.05) is 5.56 Å². The maximum atomic E-state index is 13.9. The zero-order valence-electron chi connectivity index (χ0n) is 19.8. The highest BCUT2D eigenvalue weighted by Gasteiger charge is 2.28. The van der Waals surface area contributed by atoms with E-state index in [1.165, 1.54) is 35.0 Å². The maximum Gasteiger partial charge on any atom is 0.343 e. The Morgan fingerprint density at radius 1 is 0.895 bits per heavy atom. The number of halogens is 1. The van der Waals surface area contributed by atoms with E-state index < -0.39 is 16.0 Å². The van der Waals surface area contributed by atoms with Crippen LogP contribution in [0, 0.1) is 0 Å². The topological polar surface area (TPSA) is 103 Å². The van der Waals surface area contributed by atoms with E-state index in [4.69, 9.17) is 20.8 Å². The van der Waals surface area contributed by atoms with E-state index in [-0.39, 0.29) is 27.8 Å². The standard InChI is InChI=1S/C28H20ClN3O5S/c29-25-11-4-5-12-26(25)32(18-20-7-2-1-3-8-20)38(34,35)24-10-6-9-22(17-24)28(33)37-23-15-13-21(14-16-23)27-31-30-19-36-27/h1-17,19H,18H2. The number of ether oxygens (including phenoxy) is 1. The lowest BCUT2D eigenvalue weighted by atomic mass is 10.2. The number of benzene rings is 4. The Morgan fingerprint density at radius 3 is 2.34 bits per heavy atom. The molecule has 0 aliphatic carbocycles. The molecule has 1 heterocycles. The molecule has 0 fully saturated rings. The van der Waals surface area contributed by atoms with E-state index in [2.05, 4.69) is 10.2 Å². The average Bonchev–Trinajstić information content (AvgIpc) is 3.48. The zero-order chi connectivity index (χ0) is 26.5. The molecule has 0 amide bonds. The minimum Gasteiger partial charge on any atom is -0.423 e. The molecule has 0 saturated carbocycles. The second-order valence-electron chi connectivity index (χ2n) is 8.13. The van der Waals surface area contributed by atoms with Gasteiger partial charge in [-0.2, -0.15) is 0 Å². The van der Waals surface area contributed by atoms with E-state index in [1.54, 1.807) is 48.5 Å². The summed E-state index contributed by atoms with van der Waals surface area (Å²) >= 11 is 6.40. The molecule has 190 valence electrons. The lowest BCUT2D eigenvalue weighted by Crippen LogP contribution is -2.31. The lowest BCUT2D eigenvalue weighted by Gasteiger charge is -2.25. The van der Waals surface area contributed by atoms with Gasteiger partial charge in [-0.05, 0) is 60.2 Å². The fraction of sp³-hybridized carbons (Fsp3) is 0.0357. The second-order valence-corrected chi connectivity index (χ2v) is 10.4. The lowest BCUT2D eigenvalue weighted by molar-refractivity contribution is 0.0734. The molecular formula is C28H20ClN3O5S. The van der Waals surface area contributed by atoms with Crippen molar-refractivity contribution < 1.29 is 22.4 Å². The third-order valence-corrected chi connectivity index (χ3v) is 7.70. The summed E-state index contributed by atoms with van der Waals surface area (Å²) in [4.78, 5) is 12.8. The average molecular weight is 546 g/mol. The third kappa shape index (κ3) is 5.44. The van der Waals surface area contributed by atoms with Crippen molar-refractivity contribution in [3.8, 4) is 17.2 Å². The first-order chi connectivity index (χ1) is 18.4. The number of aromatic nitrogens is 2. The van der Waals surface area contributed by atoms with Crippen LogP contribution in [0.5, 0.6) is 5.75 Å². The van der Waals surface area contributed by atoms with Gasteiger partial charge in [0.1, 0.15) is 5.75 Å². The Morgan fingerprint density at radius 2 is 1.63 bits per heavy atom. The first-order valence-electron chi connectivity index (χ1n) is 11.4. The van der Waals surface area contributed by atoms with Gasteiger partial charge in [-0.25, -0.2) is 13.2 Å². The van der Waals surface area contributed by atoms with Gasteiger partial charge >= 0.3 is 5.97 Å². The van der Waals surface area contributed by atoms with Crippen molar-refractivity contribution in [2.75, 3.05) is 4.31 Å². The van der Waals surface area contributed by atoms with Crippen LogP contribution in [0.4, 0.5) is 5.69 Å². The molecule has 38 heavy (non-hydrogen) atoms. The molecule has 0 aliphatic heterocycles. The van der Waals surface area contributed by atoms with Gasteiger partial charge in [0.2, 0.25) is 12.3 Å². The van der Waals surface area contributed by atoms with Crippen LogP contribution < -0.4 is 9.04 Å². The number of hydrogen-bond acceptors (Lipinski definition) is 7. The van der Waals surface area contributed by atoms with Crippen LogP contribution in [0.15, 0.2) is 119 Å². The molecule has 0 N–H and O–H groups in total. The molecule has 5 aromatic rings. The number of para-hydroxylation sites is 1. The minimum absolute atomic E-state index is 0.0496. The summed E-state index contributed by atoms with van der Waals surface area (Å²) in [6.07, 6.45) is 1.22. The van der Waals surface area contributed by atoms with Crippen LogP contribution in [0.1, 0.15) is 15.9 Å². The number of sulfonamides is 1. The van der Waals surface area contributed by atoms with Gasteiger partial charge in [-0.3, -0.25) is 4.31 Å². The van der Waals surface area contributed by atoms with Gasteiger partial charge in [0.25, 0.3) is 10.0 Å².